The van der Waals surface area contributed by atoms with Gasteiger partial charge in [0, 0.05) is 0 Å². The van der Waals surface area contributed by atoms with Crippen LogP contribution in [0.4, 0.5) is 5.69 Å². The van der Waals surface area contributed by atoms with Gasteiger partial charge in [-0.1, -0.05) is 30.3 Å². The van der Waals surface area contributed by atoms with Crippen LogP contribution in [-0.2, 0) is 4.79 Å². The molecule has 0 N–H and O–H groups in total. The van der Waals surface area contributed by atoms with Gasteiger partial charge < -0.3 is 0 Å². The highest BCUT2D eigenvalue weighted by molar-refractivity contribution is 5.99. The lowest BCUT2D eigenvalue weighted by Gasteiger charge is -2.61. The maximum Gasteiger partial charge on any atom is 0.268 e. The second kappa shape index (κ2) is 4.75. The lowest BCUT2D eigenvalue weighted by atomic mass is 9.56. The van der Waals surface area contributed by atoms with Crippen molar-refractivity contribution in [1.82, 2.24) is 5.01 Å². The molecule has 5 fully saturated rings. The first kappa shape index (κ1) is 15.8. The minimum Gasteiger partial charge on any atom is -0.270 e. The number of hydrogen-bond donors (Lipinski definition) is 0. The molecular formula is C25H28N2O. The predicted octanol–water partition coefficient (Wildman–Crippen LogP) is 5.01. The molecule has 5 aliphatic rings. The molecule has 1 heterocycles. The van der Waals surface area contributed by atoms with Crippen molar-refractivity contribution in [3.63, 3.8) is 0 Å². The Hall–Kier alpha value is -2.03. The van der Waals surface area contributed by atoms with Crippen LogP contribution in [0.1, 0.15) is 46.0 Å². The third-order valence-electron chi connectivity index (χ3n) is 9.36. The summed E-state index contributed by atoms with van der Waals surface area (Å²) in [6, 6.07) is 15.6. The van der Waals surface area contributed by atoms with E-state index in [4.69, 9.17) is 0 Å². The number of rotatable bonds is 2. The van der Waals surface area contributed by atoms with Gasteiger partial charge >= 0.3 is 0 Å². The third kappa shape index (κ3) is 1.63. The molecule has 2 aromatic rings. The van der Waals surface area contributed by atoms with Gasteiger partial charge in [0.25, 0.3) is 5.91 Å². The Balaban J connectivity index is 1.30. The molecule has 0 aromatic heterocycles. The maximum atomic E-state index is 13.4. The summed E-state index contributed by atoms with van der Waals surface area (Å²) in [4.78, 5) is 13.4. The zero-order valence-corrected chi connectivity index (χ0v) is 16.8. The van der Waals surface area contributed by atoms with E-state index in [0.717, 1.165) is 23.7 Å². The Bertz CT molecular complexity index is 1000. The second-order valence-corrected chi connectivity index (χ2v) is 10.8. The predicted molar refractivity (Wildman–Crippen MR) is 111 cm³/mol. The van der Waals surface area contributed by atoms with E-state index in [-0.39, 0.29) is 0 Å². The Morgan fingerprint density at radius 2 is 1.57 bits per heavy atom. The van der Waals surface area contributed by atoms with Gasteiger partial charge in [0.1, 0.15) is 5.54 Å². The Labute approximate surface area is 166 Å². The molecule has 1 spiro atoms. The van der Waals surface area contributed by atoms with E-state index in [1.54, 1.807) is 0 Å². The molecule has 4 saturated carbocycles. The number of carbonyl (C=O) groups excluding carboxylic acids is 1. The molecule has 28 heavy (non-hydrogen) atoms. The fraction of sp³-hybridized carbons (Fsp3) is 0.560. The van der Waals surface area contributed by atoms with Gasteiger partial charge in [0.15, 0.2) is 0 Å². The molecule has 1 amide bonds. The number of anilines is 1. The highest BCUT2D eigenvalue weighted by Gasteiger charge is 2.72. The monoisotopic (exact) mass is 372 g/mol. The number of nitrogens with zero attached hydrogens (tertiary/aromatic N) is 2. The van der Waals surface area contributed by atoms with Crippen LogP contribution < -0.4 is 5.01 Å². The van der Waals surface area contributed by atoms with Gasteiger partial charge in [-0.3, -0.25) is 9.80 Å². The molecule has 1 aliphatic heterocycles. The van der Waals surface area contributed by atoms with Gasteiger partial charge in [0.05, 0.1) is 11.7 Å². The van der Waals surface area contributed by atoms with Crippen molar-refractivity contribution in [3.05, 3.63) is 42.5 Å². The van der Waals surface area contributed by atoms with E-state index in [2.05, 4.69) is 66.3 Å². The number of fused-ring (bicyclic) bond motifs is 3. The largest absolute Gasteiger partial charge is 0.270 e. The van der Waals surface area contributed by atoms with Crippen LogP contribution in [0.25, 0.3) is 10.8 Å². The van der Waals surface area contributed by atoms with E-state index in [0.29, 0.717) is 17.4 Å². The van der Waals surface area contributed by atoms with E-state index >= 15 is 0 Å². The molecule has 2 aromatic carbocycles. The Kier molecular flexibility index (Phi) is 2.69. The van der Waals surface area contributed by atoms with Gasteiger partial charge in [-0.2, -0.15) is 0 Å². The minimum absolute atomic E-state index is 0.325. The van der Waals surface area contributed by atoms with Crippen LogP contribution in [0.15, 0.2) is 42.5 Å². The van der Waals surface area contributed by atoms with Crippen LogP contribution in [0, 0.1) is 29.1 Å². The molecule has 144 valence electrons. The second-order valence-electron chi connectivity index (χ2n) is 10.8. The summed E-state index contributed by atoms with van der Waals surface area (Å²) in [5, 5.41) is 7.05. The molecule has 3 heteroatoms. The molecule has 4 aliphatic carbocycles. The SMILES string of the molecule is CC1(C)C(=O)N(C2C3CC4CC5CC2CC45C3)N1c1ccc2ccccc2c1. The molecule has 4 unspecified atom stereocenters. The summed E-state index contributed by atoms with van der Waals surface area (Å²) in [6.45, 7) is 4.18. The highest BCUT2D eigenvalue weighted by atomic mass is 16.2. The first-order chi connectivity index (χ1) is 13.5. The summed E-state index contributed by atoms with van der Waals surface area (Å²) >= 11 is 0. The minimum atomic E-state index is -0.447. The summed E-state index contributed by atoms with van der Waals surface area (Å²) in [6.07, 6.45) is 6.99. The molecule has 1 saturated heterocycles. The Morgan fingerprint density at radius 3 is 2.29 bits per heavy atom. The van der Waals surface area contributed by atoms with Crippen LogP contribution in [-0.4, -0.2) is 22.5 Å². The summed E-state index contributed by atoms with van der Waals surface area (Å²) in [7, 11) is 0. The molecule has 3 nitrogen and oxygen atoms in total. The Morgan fingerprint density at radius 1 is 0.893 bits per heavy atom. The summed E-state index contributed by atoms with van der Waals surface area (Å²) in [5.74, 6) is 3.70. The lowest BCUT2D eigenvalue weighted by Crippen LogP contribution is -2.79. The van der Waals surface area contributed by atoms with Gasteiger partial charge in [0.2, 0.25) is 0 Å². The standard InChI is InChI=1S/C25H28N2O/c1-24(2)23(28)26(27(24)21-8-7-15-5-3-4-6-16(15)11-21)22-17-9-19-12-20-10-18(22)14-25(19,20)13-17/h3-8,11,17-20,22H,9-10,12-14H2,1-2H3. The quantitative estimate of drug-likeness (QED) is 0.740. The lowest BCUT2D eigenvalue weighted by molar-refractivity contribution is -0.161. The van der Waals surface area contributed by atoms with E-state index in [9.17, 15) is 4.79 Å². The fourth-order valence-electron chi connectivity index (χ4n) is 8.29. The van der Waals surface area contributed by atoms with E-state index in [1.165, 1.54) is 48.6 Å². The van der Waals surface area contributed by atoms with Crippen molar-refractivity contribution in [2.24, 2.45) is 29.1 Å². The van der Waals surface area contributed by atoms with Crippen LogP contribution in [0.5, 0.6) is 0 Å². The smallest absolute Gasteiger partial charge is 0.268 e. The first-order valence-electron chi connectivity index (χ1n) is 11.1. The molecule has 3 bridgehead atoms. The van der Waals surface area contributed by atoms with Crippen LogP contribution in [0.3, 0.4) is 0 Å². The van der Waals surface area contributed by atoms with Gasteiger partial charge in [-0.15, -0.1) is 0 Å². The maximum absolute atomic E-state index is 13.4. The van der Waals surface area contributed by atoms with Crippen molar-refractivity contribution in [2.45, 2.75) is 57.5 Å². The molecular weight excluding hydrogens is 344 g/mol. The van der Waals surface area contributed by atoms with E-state index < -0.39 is 5.54 Å². The van der Waals surface area contributed by atoms with Crippen LogP contribution >= 0.6 is 0 Å². The number of amides is 1. The third-order valence-corrected chi connectivity index (χ3v) is 9.36. The average Bonchev–Trinajstić information content (AvgIpc) is 3.06. The summed E-state index contributed by atoms with van der Waals surface area (Å²) < 4.78 is 0. The fourth-order valence-corrected chi connectivity index (χ4v) is 8.29. The van der Waals surface area contributed by atoms with E-state index in [1.807, 2.05) is 0 Å². The average molecular weight is 373 g/mol. The van der Waals surface area contributed by atoms with Crippen molar-refractivity contribution in [2.75, 3.05) is 5.01 Å². The van der Waals surface area contributed by atoms with Gasteiger partial charge in [-0.25, -0.2) is 5.01 Å². The molecule has 7 rings (SSSR count). The number of hydrogen-bond acceptors (Lipinski definition) is 2. The van der Waals surface area contributed by atoms with Gasteiger partial charge in [-0.05, 0) is 97.9 Å². The highest BCUT2D eigenvalue weighted by Crippen LogP contribution is 2.76. The zero-order chi connectivity index (χ0) is 18.8. The summed E-state index contributed by atoms with van der Waals surface area (Å²) in [5.41, 5.74) is 1.42. The number of benzene rings is 2. The number of hydrazine groups is 1. The number of carbonyl (C=O) groups is 1. The van der Waals surface area contributed by atoms with Crippen molar-refractivity contribution in [1.29, 1.82) is 0 Å². The van der Waals surface area contributed by atoms with Crippen molar-refractivity contribution < 1.29 is 4.79 Å². The molecule has 4 atom stereocenters. The van der Waals surface area contributed by atoms with Crippen molar-refractivity contribution in [3.8, 4) is 0 Å². The van der Waals surface area contributed by atoms with Crippen LogP contribution in [0.2, 0.25) is 0 Å². The van der Waals surface area contributed by atoms with Crippen molar-refractivity contribution >= 4 is 22.4 Å². The topological polar surface area (TPSA) is 23.6 Å². The normalized spacial score (nSPS) is 41.9. The first-order valence-corrected chi connectivity index (χ1v) is 11.1. The zero-order valence-electron chi connectivity index (χ0n) is 16.8. The molecule has 0 radical (unpaired) electrons.